The highest BCUT2D eigenvalue weighted by atomic mass is 16.7. The van der Waals surface area contributed by atoms with Gasteiger partial charge in [-0.2, -0.15) is 0 Å². The highest BCUT2D eigenvalue weighted by molar-refractivity contribution is 5.73. The first-order chi connectivity index (χ1) is 28.9. The Morgan fingerprint density at radius 1 is 0.952 bits per heavy atom. The lowest BCUT2D eigenvalue weighted by Gasteiger charge is -2.48. The molecular formula is C45H83N5O12. The number of ether oxygens (including phenoxy) is 6. The SMILES string of the molecule is CC[C@H]1OC(=O)[C@H](C)[C@@H](O[C@H]2C[C@@](C)(OC)[C@@H](O)[C@H](C)O2)[C@H](C)[C@@H](O[C@@H]2O[C@H](C)C[C@H](N(C)C)[C@H]2O)[C@](C)(O)C[C@@H](C)CN(CCCCc2cn(CC)nn2)[C@H](C)[C@@H](O)[C@]1(C)O. The summed E-state index contributed by atoms with van der Waals surface area (Å²) in [5.41, 5.74) is -3.59. The summed E-state index contributed by atoms with van der Waals surface area (Å²) in [7, 11) is 5.29. The Kier molecular flexibility index (Phi) is 18.8. The predicted octanol–water partition coefficient (Wildman–Crippen LogP) is 2.91. The molecule has 0 aromatic carbocycles. The van der Waals surface area contributed by atoms with Gasteiger partial charge in [0.2, 0.25) is 0 Å². The van der Waals surface area contributed by atoms with E-state index in [4.69, 9.17) is 28.4 Å². The van der Waals surface area contributed by atoms with E-state index in [2.05, 4.69) is 15.2 Å². The van der Waals surface area contributed by atoms with Crippen molar-refractivity contribution in [3.8, 4) is 0 Å². The van der Waals surface area contributed by atoms with Gasteiger partial charge < -0.3 is 58.9 Å². The predicted molar refractivity (Wildman–Crippen MR) is 232 cm³/mol. The van der Waals surface area contributed by atoms with Crippen molar-refractivity contribution in [1.29, 1.82) is 0 Å². The number of rotatable bonds is 13. The number of cyclic esters (lactones) is 1. The van der Waals surface area contributed by atoms with Gasteiger partial charge >= 0.3 is 5.97 Å². The fourth-order valence-corrected chi connectivity index (χ4v) is 10.1. The van der Waals surface area contributed by atoms with Gasteiger partial charge in [-0.05, 0) is 120 Å². The number of aliphatic hydroxyl groups is 5. The number of nitrogens with zero attached hydrogens (tertiary/aromatic N) is 5. The minimum absolute atomic E-state index is 0.122. The molecule has 1 aromatic heterocycles. The van der Waals surface area contributed by atoms with Crippen LogP contribution in [0.15, 0.2) is 6.20 Å². The summed E-state index contributed by atoms with van der Waals surface area (Å²) >= 11 is 0. The second-order valence-electron chi connectivity index (χ2n) is 19.7. The first-order valence-electron chi connectivity index (χ1n) is 23.1. The summed E-state index contributed by atoms with van der Waals surface area (Å²) in [5, 5.41) is 68.2. The van der Waals surface area contributed by atoms with E-state index in [1.807, 2.05) is 59.8 Å². The molecule has 3 saturated heterocycles. The van der Waals surface area contributed by atoms with Crippen LogP contribution in [0.4, 0.5) is 0 Å². The molecule has 4 heterocycles. The van der Waals surface area contributed by atoms with E-state index >= 15 is 0 Å². The van der Waals surface area contributed by atoms with Crippen LogP contribution in [-0.2, 0) is 46.2 Å². The molecular weight excluding hydrogens is 803 g/mol. The lowest BCUT2D eigenvalue weighted by atomic mass is 9.77. The lowest BCUT2D eigenvalue weighted by Crippen LogP contribution is -2.60. The number of hydrogen-bond acceptors (Lipinski definition) is 16. The average molecular weight is 886 g/mol. The van der Waals surface area contributed by atoms with Crippen molar-refractivity contribution in [1.82, 2.24) is 24.8 Å². The molecule has 62 heavy (non-hydrogen) atoms. The first-order valence-corrected chi connectivity index (χ1v) is 23.1. The van der Waals surface area contributed by atoms with Crippen molar-refractivity contribution in [2.75, 3.05) is 34.3 Å². The van der Waals surface area contributed by atoms with Gasteiger partial charge in [-0.25, -0.2) is 0 Å². The van der Waals surface area contributed by atoms with Gasteiger partial charge in [0.1, 0.15) is 30.0 Å². The first kappa shape index (κ1) is 52.8. The smallest absolute Gasteiger partial charge is 0.311 e. The quantitative estimate of drug-likeness (QED) is 0.142. The Hall–Kier alpha value is -1.87. The summed E-state index contributed by atoms with van der Waals surface area (Å²) in [6.45, 7) is 21.6. The van der Waals surface area contributed by atoms with Crippen LogP contribution in [0.2, 0.25) is 0 Å². The molecule has 18 atom stereocenters. The van der Waals surface area contributed by atoms with Crippen molar-refractivity contribution in [3.63, 3.8) is 0 Å². The molecule has 360 valence electrons. The maximum absolute atomic E-state index is 14.5. The lowest BCUT2D eigenvalue weighted by molar-refractivity contribution is -0.318. The van der Waals surface area contributed by atoms with Crippen LogP contribution in [0.1, 0.15) is 120 Å². The standard InChI is InChI=1S/C45H83N5O12/c1-15-34-45(11,56)38(52)30(7)49(20-18-17-19-32-25-50(16-2)47-46-32)24-26(3)22-43(9,55)40(62-42-36(51)33(48(12)13)21-27(4)58-42)28(5)37(29(6)41(54)60-34)61-35-23-44(10,57-14)39(53)31(8)59-35/h25-31,33-40,42,51-53,55-56H,15-24H2,1-14H3/t26-,27-,28+,29-,30-,31+,33+,34-,35+,36-,37+,38-,39+,40-,42+,43-,44-,45-/m1/s1. The molecule has 0 amide bonds. The molecule has 0 aliphatic carbocycles. The number of esters is 1. The molecule has 0 bridgehead atoms. The molecule has 3 fully saturated rings. The maximum atomic E-state index is 14.5. The van der Waals surface area contributed by atoms with Gasteiger partial charge in [-0.3, -0.25) is 14.4 Å². The van der Waals surface area contributed by atoms with E-state index in [0.717, 1.165) is 31.5 Å². The zero-order chi connectivity index (χ0) is 46.5. The summed E-state index contributed by atoms with van der Waals surface area (Å²) < 4.78 is 39.9. The van der Waals surface area contributed by atoms with Gasteiger partial charge in [0, 0.05) is 50.8 Å². The third-order valence-electron chi connectivity index (χ3n) is 14.1. The maximum Gasteiger partial charge on any atom is 0.311 e. The third kappa shape index (κ3) is 12.5. The van der Waals surface area contributed by atoms with E-state index in [1.165, 1.54) is 14.0 Å². The number of aryl methyl sites for hydroxylation is 2. The Bertz CT molecular complexity index is 1530. The molecule has 1 aromatic rings. The Morgan fingerprint density at radius 2 is 1.63 bits per heavy atom. The third-order valence-corrected chi connectivity index (χ3v) is 14.1. The Balaban J connectivity index is 1.78. The van der Waals surface area contributed by atoms with E-state index < -0.39 is 96.0 Å². The molecule has 4 rings (SSSR count). The number of aromatic nitrogens is 3. The Labute approximate surface area is 370 Å². The minimum atomic E-state index is -1.85. The number of methoxy groups -OCH3 is 1. The molecule has 0 unspecified atom stereocenters. The topological polar surface area (TPSA) is 211 Å². The van der Waals surface area contributed by atoms with Crippen molar-refractivity contribution in [3.05, 3.63) is 11.9 Å². The minimum Gasteiger partial charge on any atom is -0.459 e. The van der Waals surface area contributed by atoms with Crippen LogP contribution in [0.25, 0.3) is 0 Å². The van der Waals surface area contributed by atoms with E-state index in [1.54, 1.807) is 39.3 Å². The molecule has 17 heteroatoms. The van der Waals surface area contributed by atoms with Crippen LogP contribution in [0, 0.1) is 17.8 Å². The zero-order valence-electron chi connectivity index (χ0n) is 40.1. The average Bonchev–Trinajstić information content (AvgIpc) is 3.68. The summed E-state index contributed by atoms with van der Waals surface area (Å²) in [6.07, 6.45) is -4.26. The number of likely N-dealkylation sites (N-methyl/N-ethyl adjacent to an activating group) is 1. The van der Waals surface area contributed by atoms with Crippen molar-refractivity contribution in [2.45, 2.75) is 218 Å². The monoisotopic (exact) mass is 886 g/mol. The van der Waals surface area contributed by atoms with Crippen LogP contribution >= 0.6 is 0 Å². The van der Waals surface area contributed by atoms with Crippen LogP contribution in [-0.4, -0.2) is 181 Å². The van der Waals surface area contributed by atoms with Crippen LogP contribution in [0.5, 0.6) is 0 Å². The highest BCUT2D eigenvalue weighted by Crippen LogP contribution is 2.40. The fraction of sp³-hybridized carbons (Fsp3) is 0.933. The van der Waals surface area contributed by atoms with Crippen LogP contribution in [0.3, 0.4) is 0 Å². The highest BCUT2D eigenvalue weighted by Gasteiger charge is 2.53. The summed E-state index contributed by atoms with van der Waals surface area (Å²) in [4.78, 5) is 18.6. The normalized spacial score (nSPS) is 43.5. The van der Waals surface area contributed by atoms with E-state index in [-0.39, 0.29) is 37.3 Å². The number of carbonyl (C=O) groups excluding carboxylic acids is 1. The van der Waals surface area contributed by atoms with Crippen molar-refractivity contribution in [2.24, 2.45) is 17.8 Å². The number of unbranched alkanes of at least 4 members (excludes halogenated alkanes) is 1. The Morgan fingerprint density at radius 3 is 2.23 bits per heavy atom. The molecule has 0 radical (unpaired) electrons. The van der Waals surface area contributed by atoms with Crippen LogP contribution < -0.4 is 0 Å². The van der Waals surface area contributed by atoms with Gasteiger partial charge in [0.15, 0.2) is 12.6 Å². The zero-order valence-corrected chi connectivity index (χ0v) is 40.1. The number of aliphatic hydroxyl groups excluding tert-OH is 3. The molecule has 5 N–H and O–H groups in total. The molecule has 17 nitrogen and oxygen atoms in total. The largest absolute Gasteiger partial charge is 0.459 e. The van der Waals surface area contributed by atoms with E-state index in [9.17, 15) is 30.3 Å². The summed E-state index contributed by atoms with van der Waals surface area (Å²) in [6, 6.07) is -0.873. The van der Waals surface area contributed by atoms with Crippen molar-refractivity contribution < 1.29 is 58.7 Å². The fourth-order valence-electron chi connectivity index (χ4n) is 10.1. The van der Waals surface area contributed by atoms with Gasteiger partial charge in [0.25, 0.3) is 0 Å². The van der Waals surface area contributed by atoms with E-state index in [0.29, 0.717) is 19.5 Å². The molecule has 3 aliphatic rings. The second-order valence-corrected chi connectivity index (χ2v) is 19.7. The van der Waals surface area contributed by atoms with Crippen molar-refractivity contribution >= 4 is 5.97 Å². The molecule has 0 saturated carbocycles. The van der Waals surface area contributed by atoms with Gasteiger partial charge in [-0.15, -0.1) is 5.10 Å². The van der Waals surface area contributed by atoms with Gasteiger partial charge in [0.05, 0.1) is 47.2 Å². The number of hydrogen-bond donors (Lipinski definition) is 5. The molecule has 0 spiro atoms. The second kappa shape index (κ2) is 22.1. The number of carbonyl (C=O) groups is 1. The van der Waals surface area contributed by atoms with Gasteiger partial charge in [-0.1, -0.05) is 26.0 Å². The summed E-state index contributed by atoms with van der Waals surface area (Å²) in [5.74, 6) is -2.69. The molecule has 3 aliphatic heterocycles.